The van der Waals surface area contributed by atoms with Crippen molar-refractivity contribution in [3.05, 3.63) is 53.1 Å². The maximum absolute atomic E-state index is 11.9. The van der Waals surface area contributed by atoms with Crippen LogP contribution >= 0.6 is 0 Å². The van der Waals surface area contributed by atoms with Crippen LogP contribution in [0.5, 0.6) is 17.2 Å². The third-order valence-electron chi connectivity index (χ3n) is 3.25. The lowest BCUT2D eigenvalue weighted by atomic mass is 10.1. The van der Waals surface area contributed by atoms with E-state index in [4.69, 9.17) is 9.47 Å². The highest BCUT2D eigenvalue weighted by Gasteiger charge is 2.08. The van der Waals surface area contributed by atoms with Crippen LogP contribution in [0.4, 0.5) is 0 Å². The van der Waals surface area contributed by atoms with Gasteiger partial charge in [0, 0.05) is 11.1 Å². The second-order valence-corrected chi connectivity index (χ2v) is 4.81. The molecule has 0 aliphatic rings. The maximum Gasteiger partial charge on any atom is 0.271 e. The van der Waals surface area contributed by atoms with Gasteiger partial charge in [-0.15, -0.1) is 0 Å². The van der Waals surface area contributed by atoms with Gasteiger partial charge in [0.15, 0.2) is 11.5 Å². The molecule has 0 aliphatic carbocycles. The highest BCUT2D eigenvalue weighted by molar-refractivity contribution is 5.95. The number of amides is 1. The number of aromatic hydroxyl groups is 1. The Morgan fingerprint density at radius 1 is 1.17 bits per heavy atom. The molecule has 0 saturated heterocycles. The highest BCUT2D eigenvalue weighted by Crippen LogP contribution is 2.29. The van der Waals surface area contributed by atoms with E-state index in [1.807, 2.05) is 13.0 Å². The monoisotopic (exact) mass is 314 g/mol. The molecule has 0 fully saturated rings. The van der Waals surface area contributed by atoms with Gasteiger partial charge in [-0.05, 0) is 42.8 Å². The van der Waals surface area contributed by atoms with Gasteiger partial charge in [-0.1, -0.05) is 6.07 Å². The molecule has 0 atom stereocenters. The van der Waals surface area contributed by atoms with Gasteiger partial charge in [-0.25, -0.2) is 5.43 Å². The molecule has 1 amide bonds. The van der Waals surface area contributed by atoms with Crippen LogP contribution in [0.15, 0.2) is 41.5 Å². The van der Waals surface area contributed by atoms with Gasteiger partial charge in [-0.3, -0.25) is 4.79 Å². The van der Waals surface area contributed by atoms with Crippen LogP contribution in [-0.2, 0) is 0 Å². The average molecular weight is 314 g/mol. The van der Waals surface area contributed by atoms with Crippen LogP contribution in [0.1, 0.15) is 21.5 Å². The zero-order valence-electron chi connectivity index (χ0n) is 13.2. The molecule has 0 radical (unpaired) electrons. The number of carbonyl (C=O) groups excluding carboxylic acids is 1. The summed E-state index contributed by atoms with van der Waals surface area (Å²) >= 11 is 0. The minimum atomic E-state index is -0.407. The first-order valence-corrected chi connectivity index (χ1v) is 6.90. The fraction of sp³-hybridized carbons (Fsp3) is 0.176. The summed E-state index contributed by atoms with van der Waals surface area (Å²) in [6.45, 7) is 1.90. The summed E-state index contributed by atoms with van der Waals surface area (Å²) < 4.78 is 10.5. The number of hydrazone groups is 1. The number of aryl methyl sites for hydroxylation is 1. The third kappa shape index (κ3) is 4.00. The number of benzene rings is 2. The molecule has 2 aromatic carbocycles. The third-order valence-corrected chi connectivity index (χ3v) is 3.25. The molecule has 0 spiro atoms. The van der Waals surface area contributed by atoms with Gasteiger partial charge in [0.25, 0.3) is 5.91 Å². The number of rotatable bonds is 5. The van der Waals surface area contributed by atoms with Gasteiger partial charge < -0.3 is 14.6 Å². The number of phenols is 1. The molecule has 0 saturated carbocycles. The SMILES string of the molecule is COc1cc(C)c(/C=N/NC(=O)c2cccc(O)c2)cc1OC. The summed E-state index contributed by atoms with van der Waals surface area (Å²) in [7, 11) is 3.12. The molecular weight excluding hydrogens is 296 g/mol. The molecule has 0 bridgehead atoms. The average Bonchev–Trinajstić information content (AvgIpc) is 2.55. The molecule has 2 rings (SSSR count). The molecule has 2 aromatic rings. The molecule has 0 heterocycles. The van der Waals surface area contributed by atoms with E-state index < -0.39 is 5.91 Å². The Morgan fingerprint density at radius 2 is 1.87 bits per heavy atom. The predicted molar refractivity (Wildman–Crippen MR) is 87.5 cm³/mol. The van der Waals surface area contributed by atoms with Gasteiger partial charge in [0.2, 0.25) is 0 Å². The molecule has 6 heteroatoms. The fourth-order valence-corrected chi connectivity index (χ4v) is 2.01. The molecule has 0 unspecified atom stereocenters. The highest BCUT2D eigenvalue weighted by atomic mass is 16.5. The van der Waals surface area contributed by atoms with Crippen molar-refractivity contribution in [2.24, 2.45) is 5.10 Å². The van der Waals surface area contributed by atoms with Crippen LogP contribution in [-0.4, -0.2) is 31.4 Å². The Hall–Kier alpha value is -3.02. The minimum Gasteiger partial charge on any atom is -0.508 e. The van der Waals surface area contributed by atoms with Crippen molar-refractivity contribution in [2.45, 2.75) is 6.92 Å². The summed E-state index contributed by atoms with van der Waals surface area (Å²) in [6.07, 6.45) is 1.53. The molecule has 6 nitrogen and oxygen atoms in total. The summed E-state index contributed by atoms with van der Waals surface area (Å²) in [5.41, 5.74) is 4.46. The molecule has 0 aliphatic heterocycles. The standard InChI is InChI=1S/C17H18N2O4/c1-11-7-15(22-2)16(23-3)9-13(11)10-18-19-17(21)12-5-4-6-14(20)8-12/h4-10,20H,1-3H3,(H,19,21)/b18-10+. The van der Waals surface area contributed by atoms with Crippen molar-refractivity contribution in [1.29, 1.82) is 0 Å². The predicted octanol–water partition coefficient (Wildman–Crippen LogP) is 2.48. The summed E-state index contributed by atoms with van der Waals surface area (Å²) in [4.78, 5) is 11.9. The Balaban J connectivity index is 2.13. The van der Waals surface area contributed by atoms with Crippen LogP contribution in [0, 0.1) is 6.92 Å². The van der Waals surface area contributed by atoms with Gasteiger partial charge in [-0.2, -0.15) is 5.10 Å². The van der Waals surface area contributed by atoms with Crippen molar-refractivity contribution in [3.8, 4) is 17.2 Å². The van der Waals surface area contributed by atoms with E-state index in [1.165, 1.54) is 18.3 Å². The first-order chi connectivity index (χ1) is 11.0. The molecule has 23 heavy (non-hydrogen) atoms. The Morgan fingerprint density at radius 3 is 2.52 bits per heavy atom. The number of carbonyl (C=O) groups is 1. The van der Waals surface area contributed by atoms with E-state index in [1.54, 1.807) is 32.4 Å². The second kappa shape index (κ2) is 7.31. The van der Waals surface area contributed by atoms with Crippen molar-refractivity contribution in [2.75, 3.05) is 14.2 Å². The smallest absolute Gasteiger partial charge is 0.271 e. The molecule has 120 valence electrons. The lowest BCUT2D eigenvalue weighted by Crippen LogP contribution is -2.17. The van der Waals surface area contributed by atoms with Crippen LogP contribution in [0.3, 0.4) is 0 Å². The van der Waals surface area contributed by atoms with E-state index in [-0.39, 0.29) is 5.75 Å². The maximum atomic E-state index is 11.9. The van der Waals surface area contributed by atoms with E-state index in [0.717, 1.165) is 11.1 Å². The first kappa shape index (κ1) is 16.4. The Labute approximate surface area is 134 Å². The minimum absolute atomic E-state index is 0.0253. The van der Waals surface area contributed by atoms with Crippen LogP contribution < -0.4 is 14.9 Å². The summed E-state index contributed by atoms with van der Waals surface area (Å²) in [6, 6.07) is 9.65. The lowest BCUT2D eigenvalue weighted by Gasteiger charge is -2.10. The number of phenolic OH excluding ortho intramolecular Hbond substituents is 1. The summed E-state index contributed by atoms with van der Waals surface area (Å²) in [5, 5.41) is 13.3. The fourth-order valence-electron chi connectivity index (χ4n) is 2.01. The molecule has 0 aromatic heterocycles. The number of hydrogen-bond donors (Lipinski definition) is 2. The van der Waals surface area contributed by atoms with Crippen molar-refractivity contribution in [3.63, 3.8) is 0 Å². The van der Waals surface area contributed by atoms with Crippen molar-refractivity contribution < 1.29 is 19.4 Å². The van der Waals surface area contributed by atoms with Gasteiger partial charge in [0.1, 0.15) is 5.75 Å². The Kier molecular flexibility index (Phi) is 5.19. The largest absolute Gasteiger partial charge is 0.508 e. The number of hydrogen-bond acceptors (Lipinski definition) is 5. The zero-order valence-corrected chi connectivity index (χ0v) is 13.2. The van der Waals surface area contributed by atoms with E-state index in [2.05, 4.69) is 10.5 Å². The van der Waals surface area contributed by atoms with Gasteiger partial charge in [0.05, 0.1) is 20.4 Å². The number of nitrogens with zero attached hydrogens (tertiary/aromatic N) is 1. The van der Waals surface area contributed by atoms with Crippen molar-refractivity contribution in [1.82, 2.24) is 5.43 Å². The normalized spacial score (nSPS) is 10.6. The van der Waals surface area contributed by atoms with Gasteiger partial charge >= 0.3 is 0 Å². The second-order valence-electron chi connectivity index (χ2n) is 4.81. The molecule has 2 N–H and O–H groups in total. The quantitative estimate of drug-likeness (QED) is 0.656. The van der Waals surface area contributed by atoms with Crippen LogP contribution in [0.25, 0.3) is 0 Å². The van der Waals surface area contributed by atoms with E-state index >= 15 is 0 Å². The lowest BCUT2D eigenvalue weighted by molar-refractivity contribution is 0.0954. The zero-order chi connectivity index (χ0) is 16.8. The number of ether oxygens (including phenoxy) is 2. The van der Waals surface area contributed by atoms with Crippen LogP contribution in [0.2, 0.25) is 0 Å². The molecular formula is C17H18N2O4. The summed E-state index contributed by atoms with van der Waals surface area (Å²) in [5.74, 6) is 0.831. The van der Waals surface area contributed by atoms with Crippen molar-refractivity contribution >= 4 is 12.1 Å². The van der Waals surface area contributed by atoms with E-state index in [0.29, 0.717) is 17.1 Å². The Bertz CT molecular complexity index is 741. The number of methoxy groups -OCH3 is 2. The number of nitrogens with one attached hydrogen (secondary N) is 1. The van der Waals surface area contributed by atoms with E-state index in [9.17, 15) is 9.90 Å². The first-order valence-electron chi connectivity index (χ1n) is 6.90. The topological polar surface area (TPSA) is 80.2 Å².